The largest absolute Gasteiger partial charge is 0.348 e. The summed E-state index contributed by atoms with van der Waals surface area (Å²) >= 11 is 0. The molecular weight excluding hydrogens is 312 g/mol. The minimum atomic E-state index is -0.548. The number of non-ortho nitro benzene ring substituents is 1. The molecule has 1 aromatic carbocycles. The number of hydrogen-bond acceptors (Lipinski definition) is 5. The van der Waals surface area contributed by atoms with Crippen LogP contribution in [0.1, 0.15) is 30.6 Å². The van der Waals surface area contributed by atoms with Gasteiger partial charge in [0.2, 0.25) is 5.56 Å². The number of fused-ring (bicyclic) bond motifs is 1. The molecule has 2 aromatic rings. The molecule has 0 radical (unpaired) electrons. The first-order valence-corrected chi connectivity index (χ1v) is 7.64. The van der Waals surface area contributed by atoms with Crippen LogP contribution in [0.2, 0.25) is 0 Å². The summed E-state index contributed by atoms with van der Waals surface area (Å²) in [6.45, 7) is 4.30. The third-order valence-electron chi connectivity index (χ3n) is 3.66. The highest BCUT2D eigenvalue weighted by molar-refractivity contribution is 6.06. The van der Waals surface area contributed by atoms with Gasteiger partial charge < -0.3 is 16.0 Å². The number of aromatic amines is 1. The zero-order valence-corrected chi connectivity index (χ0v) is 13.5. The molecule has 1 aromatic heterocycles. The van der Waals surface area contributed by atoms with E-state index in [-0.39, 0.29) is 23.8 Å². The van der Waals surface area contributed by atoms with E-state index in [1.54, 1.807) is 0 Å². The first kappa shape index (κ1) is 17.6. The molecule has 0 spiro atoms. The topological polar surface area (TPSA) is 131 Å². The van der Waals surface area contributed by atoms with Gasteiger partial charge in [0.1, 0.15) is 0 Å². The molecular formula is C16H20N4O4. The quantitative estimate of drug-likeness (QED) is 0.545. The number of nitrogens with zero attached hydrogens (tertiary/aromatic N) is 1. The lowest BCUT2D eigenvalue weighted by Crippen LogP contribution is -2.41. The van der Waals surface area contributed by atoms with Gasteiger partial charge in [-0.2, -0.15) is 0 Å². The number of hydrogen-bond donors (Lipinski definition) is 3. The predicted octanol–water partition coefficient (Wildman–Crippen LogP) is 1.54. The molecule has 0 aliphatic carbocycles. The van der Waals surface area contributed by atoms with Crippen molar-refractivity contribution in [1.82, 2.24) is 10.3 Å². The van der Waals surface area contributed by atoms with Crippen molar-refractivity contribution in [3.63, 3.8) is 0 Å². The van der Waals surface area contributed by atoms with Crippen LogP contribution < -0.4 is 16.6 Å². The van der Waals surface area contributed by atoms with Crippen LogP contribution in [0.4, 0.5) is 5.69 Å². The van der Waals surface area contributed by atoms with Crippen molar-refractivity contribution in [3.05, 3.63) is 50.3 Å². The first-order chi connectivity index (χ1) is 11.3. The number of benzene rings is 1. The van der Waals surface area contributed by atoms with Crippen molar-refractivity contribution >= 4 is 22.5 Å². The number of rotatable bonds is 6. The highest BCUT2D eigenvalue weighted by Crippen LogP contribution is 2.21. The summed E-state index contributed by atoms with van der Waals surface area (Å²) in [6, 6.07) is 4.89. The number of pyridine rings is 1. The zero-order chi connectivity index (χ0) is 17.9. The van der Waals surface area contributed by atoms with Gasteiger partial charge in [0, 0.05) is 41.7 Å². The number of amides is 1. The number of nitro groups is 1. The number of nitrogens with one attached hydrogen (secondary N) is 2. The van der Waals surface area contributed by atoms with Crippen molar-refractivity contribution in [2.24, 2.45) is 11.7 Å². The van der Waals surface area contributed by atoms with Crippen LogP contribution in [0.15, 0.2) is 29.1 Å². The third kappa shape index (κ3) is 3.96. The minimum Gasteiger partial charge on any atom is -0.348 e. The lowest BCUT2D eigenvalue weighted by Gasteiger charge is -2.19. The fraction of sp³-hybridized carbons (Fsp3) is 0.375. The van der Waals surface area contributed by atoms with E-state index in [0.29, 0.717) is 23.2 Å². The second kappa shape index (κ2) is 7.22. The molecule has 1 amide bonds. The maximum atomic E-state index is 12.6. The summed E-state index contributed by atoms with van der Waals surface area (Å²) in [5, 5.41) is 14.1. The van der Waals surface area contributed by atoms with E-state index in [1.807, 2.05) is 13.8 Å². The molecule has 0 saturated carbocycles. The summed E-state index contributed by atoms with van der Waals surface area (Å²) in [7, 11) is 0. The van der Waals surface area contributed by atoms with Gasteiger partial charge in [-0.15, -0.1) is 0 Å². The Morgan fingerprint density at radius 3 is 2.67 bits per heavy atom. The smallest absolute Gasteiger partial charge is 0.270 e. The fourth-order valence-electron chi connectivity index (χ4n) is 2.59. The van der Waals surface area contributed by atoms with Crippen molar-refractivity contribution in [1.29, 1.82) is 0 Å². The molecule has 2 rings (SSSR count). The second-order valence-electron chi connectivity index (χ2n) is 6.07. The molecule has 0 saturated heterocycles. The predicted molar refractivity (Wildman–Crippen MR) is 91.0 cm³/mol. The summed E-state index contributed by atoms with van der Waals surface area (Å²) in [4.78, 5) is 37.3. The number of nitrogens with two attached hydrogens (primary N) is 1. The average molecular weight is 332 g/mol. The van der Waals surface area contributed by atoms with Gasteiger partial charge >= 0.3 is 0 Å². The molecule has 8 heteroatoms. The summed E-state index contributed by atoms with van der Waals surface area (Å²) in [6.07, 6.45) is 0.698. The average Bonchev–Trinajstić information content (AvgIpc) is 2.52. The number of nitro benzene ring substituents is 1. The normalized spacial score (nSPS) is 12.3. The SMILES string of the molecule is CC(C)CC(CN)NC(=O)c1cc(=O)[nH]c2ccc([N+](=O)[O-])cc12. The van der Waals surface area contributed by atoms with Crippen LogP contribution in [-0.2, 0) is 0 Å². The summed E-state index contributed by atoms with van der Waals surface area (Å²) in [5.41, 5.74) is 5.54. The highest BCUT2D eigenvalue weighted by atomic mass is 16.6. The number of carbonyl (C=O) groups is 1. The summed E-state index contributed by atoms with van der Waals surface area (Å²) < 4.78 is 0. The Hall–Kier alpha value is -2.74. The Kier molecular flexibility index (Phi) is 5.30. The van der Waals surface area contributed by atoms with E-state index >= 15 is 0 Å². The molecule has 1 atom stereocenters. The molecule has 24 heavy (non-hydrogen) atoms. The Bertz CT molecular complexity index is 828. The van der Waals surface area contributed by atoms with Gasteiger partial charge in [-0.25, -0.2) is 0 Å². The van der Waals surface area contributed by atoms with Crippen LogP contribution in [0.5, 0.6) is 0 Å². The molecule has 0 aliphatic heterocycles. The fourth-order valence-corrected chi connectivity index (χ4v) is 2.59. The third-order valence-corrected chi connectivity index (χ3v) is 3.66. The monoisotopic (exact) mass is 332 g/mol. The van der Waals surface area contributed by atoms with Crippen LogP contribution in [-0.4, -0.2) is 28.4 Å². The van der Waals surface area contributed by atoms with E-state index in [0.717, 1.165) is 6.07 Å². The summed E-state index contributed by atoms with van der Waals surface area (Å²) in [5.74, 6) is -0.126. The number of H-pyrrole nitrogens is 1. The van der Waals surface area contributed by atoms with Crippen LogP contribution >= 0.6 is 0 Å². The first-order valence-electron chi connectivity index (χ1n) is 7.64. The van der Waals surface area contributed by atoms with Crippen molar-refractivity contribution in [2.45, 2.75) is 26.3 Å². The van der Waals surface area contributed by atoms with E-state index in [2.05, 4.69) is 10.3 Å². The van der Waals surface area contributed by atoms with E-state index < -0.39 is 16.4 Å². The second-order valence-corrected chi connectivity index (χ2v) is 6.07. The van der Waals surface area contributed by atoms with Gasteiger partial charge in [0.25, 0.3) is 11.6 Å². The number of aromatic nitrogens is 1. The van der Waals surface area contributed by atoms with Crippen molar-refractivity contribution in [2.75, 3.05) is 6.54 Å². The highest BCUT2D eigenvalue weighted by Gasteiger charge is 2.18. The molecule has 128 valence electrons. The van der Waals surface area contributed by atoms with Crippen LogP contribution in [0.3, 0.4) is 0 Å². The van der Waals surface area contributed by atoms with Gasteiger partial charge in [-0.3, -0.25) is 19.7 Å². The van der Waals surface area contributed by atoms with E-state index in [4.69, 9.17) is 5.73 Å². The van der Waals surface area contributed by atoms with Gasteiger partial charge in [0.15, 0.2) is 0 Å². The van der Waals surface area contributed by atoms with Gasteiger partial charge in [-0.05, 0) is 18.4 Å². The standard InChI is InChI=1S/C16H20N4O4/c1-9(2)5-10(8-17)18-16(22)13-7-15(21)19-14-4-3-11(20(23)24)6-12(13)14/h3-4,6-7,9-10H,5,8,17H2,1-2H3,(H,18,22)(H,19,21). The lowest BCUT2D eigenvalue weighted by molar-refractivity contribution is -0.384. The Morgan fingerprint density at radius 2 is 2.08 bits per heavy atom. The Morgan fingerprint density at radius 1 is 1.38 bits per heavy atom. The molecule has 0 bridgehead atoms. The van der Waals surface area contributed by atoms with Crippen LogP contribution in [0.25, 0.3) is 10.9 Å². The molecule has 0 aliphatic rings. The molecule has 1 heterocycles. The molecule has 0 fully saturated rings. The number of carbonyl (C=O) groups excluding carboxylic acids is 1. The maximum Gasteiger partial charge on any atom is 0.270 e. The van der Waals surface area contributed by atoms with Gasteiger partial charge in [-0.1, -0.05) is 13.8 Å². The van der Waals surface area contributed by atoms with Gasteiger partial charge in [0.05, 0.1) is 10.5 Å². The molecule has 8 nitrogen and oxygen atoms in total. The van der Waals surface area contributed by atoms with E-state index in [1.165, 1.54) is 18.2 Å². The Labute approximate surface area is 138 Å². The molecule has 1 unspecified atom stereocenters. The minimum absolute atomic E-state index is 0.0969. The molecule has 4 N–H and O–H groups in total. The van der Waals surface area contributed by atoms with Crippen LogP contribution in [0, 0.1) is 16.0 Å². The maximum absolute atomic E-state index is 12.6. The Balaban J connectivity index is 2.45. The van der Waals surface area contributed by atoms with Crippen molar-refractivity contribution < 1.29 is 9.72 Å². The van der Waals surface area contributed by atoms with Crippen molar-refractivity contribution in [3.8, 4) is 0 Å². The zero-order valence-electron chi connectivity index (χ0n) is 13.5. The van der Waals surface area contributed by atoms with E-state index in [9.17, 15) is 19.7 Å². The lowest BCUT2D eigenvalue weighted by atomic mass is 10.0.